The highest BCUT2D eigenvalue weighted by Crippen LogP contribution is 2.29. The van der Waals surface area contributed by atoms with E-state index >= 15 is 0 Å². The molecule has 2 rings (SSSR count). The second-order valence-corrected chi connectivity index (χ2v) is 4.86. The first kappa shape index (κ1) is 15.1. The first-order valence-corrected chi connectivity index (χ1v) is 6.68. The van der Waals surface area contributed by atoms with Gasteiger partial charge in [0.2, 0.25) is 0 Å². The Morgan fingerprint density at radius 1 is 1.27 bits per heavy atom. The summed E-state index contributed by atoms with van der Waals surface area (Å²) in [5.74, 6) is 2.37. The molecule has 0 radical (unpaired) electrons. The van der Waals surface area contributed by atoms with Crippen molar-refractivity contribution in [2.24, 2.45) is 5.10 Å². The maximum absolute atomic E-state index is 11.0. The van der Waals surface area contributed by atoms with Crippen molar-refractivity contribution in [2.45, 2.75) is 0 Å². The zero-order chi connectivity index (χ0) is 16.1. The maximum Gasteiger partial charge on any atom is 0.301 e. The van der Waals surface area contributed by atoms with Gasteiger partial charge in [-0.1, -0.05) is 6.07 Å². The average Bonchev–Trinajstić information content (AvgIpc) is 3.02. The Hall–Kier alpha value is -3.25. The number of terminal acetylenes is 1. The predicted molar refractivity (Wildman–Crippen MR) is 83.1 cm³/mol. The van der Waals surface area contributed by atoms with E-state index in [0.717, 1.165) is 17.0 Å². The number of nitro groups is 2. The van der Waals surface area contributed by atoms with Crippen LogP contribution in [0.4, 0.5) is 17.1 Å². The lowest BCUT2D eigenvalue weighted by molar-refractivity contribution is -0.393. The molecule has 0 aliphatic heterocycles. The normalized spacial score (nSPS) is 10.8. The number of non-ortho nitro benzene ring substituents is 1. The van der Waals surface area contributed by atoms with Crippen molar-refractivity contribution in [3.8, 4) is 12.3 Å². The quantitative estimate of drug-likeness (QED) is 0.394. The minimum Gasteiger partial charge on any atom is -0.270 e. The third-order valence-corrected chi connectivity index (χ3v) is 3.44. The summed E-state index contributed by atoms with van der Waals surface area (Å²) in [6.07, 6.45) is 5.35. The number of hydrogen-bond donors (Lipinski definition) is 1. The molecule has 1 aromatic carbocycles. The molecular weight excluding hydrogens is 308 g/mol. The number of thiophene rings is 1. The maximum atomic E-state index is 11.0. The largest absolute Gasteiger partial charge is 0.301 e. The molecule has 0 bridgehead atoms. The lowest BCUT2D eigenvalue weighted by atomic mass is 10.2. The van der Waals surface area contributed by atoms with Crippen molar-refractivity contribution >= 4 is 34.1 Å². The summed E-state index contributed by atoms with van der Waals surface area (Å²) >= 11 is 1.37. The van der Waals surface area contributed by atoms with Crippen molar-refractivity contribution in [2.75, 3.05) is 5.43 Å². The standard InChI is InChI=1S/C13H8N4O4S/c1-2-10(13-4-3-7-22-13)14-15-11-6-5-9(16(18)19)8-12(11)17(20)21/h1,3-8,15H/b14-10+. The van der Waals surface area contributed by atoms with Crippen LogP contribution in [-0.4, -0.2) is 15.6 Å². The number of nitro benzene ring substituents is 2. The van der Waals surface area contributed by atoms with Gasteiger partial charge in [-0.2, -0.15) is 5.10 Å². The predicted octanol–water partition coefficient (Wildman–Crippen LogP) is 3.01. The molecule has 1 N–H and O–H groups in total. The Balaban J connectivity index is 2.35. The highest BCUT2D eigenvalue weighted by atomic mass is 32.1. The van der Waals surface area contributed by atoms with Crippen molar-refractivity contribution in [1.82, 2.24) is 0 Å². The summed E-state index contributed by atoms with van der Waals surface area (Å²) < 4.78 is 0. The van der Waals surface area contributed by atoms with Crippen LogP contribution in [0.3, 0.4) is 0 Å². The molecule has 8 nitrogen and oxygen atoms in total. The van der Waals surface area contributed by atoms with Gasteiger partial charge in [0.25, 0.3) is 5.69 Å². The number of hydrazone groups is 1. The molecule has 1 heterocycles. The second-order valence-electron chi connectivity index (χ2n) is 3.91. The third kappa shape index (κ3) is 3.25. The number of nitrogens with zero attached hydrogens (tertiary/aromatic N) is 3. The van der Waals surface area contributed by atoms with E-state index in [4.69, 9.17) is 6.42 Å². The SMILES string of the molecule is C#C/C(=N\Nc1ccc([N+](=O)[O-])cc1[N+](=O)[O-])c1cccs1. The van der Waals surface area contributed by atoms with Crippen LogP contribution in [0.25, 0.3) is 0 Å². The van der Waals surface area contributed by atoms with Crippen molar-refractivity contribution in [3.63, 3.8) is 0 Å². The van der Waals surface area contributed by atoms with E-state index in [0.29, 0.717) is 0 Å². The van der Waals surface area contributed by atoms with E-state index in [1.165, 1.54) is 17.4 Å². The molecule has 1 aromatic heterocycles. The van der Waals surface area contributed by atoms with Crippen LogP contribution in [0.5, 0.6) is 0 Å². The number of anilines is 1. The number of rotatable bonds is 5. The molecule has 0 aliphatic carbocycles. The van der Waals surface area contributed by atoms with Crippen LogP contribution in [0.1, 0.15) is 4.88 Å². The van der Waals surface area contributed by atoms with E-state index in [1.54, 1.807) is 12.1 Å². The Bertz CT molecular complexity index is 793. The van der Waals surface area contributed by atoms with Gasteiger partial charge in [-0.3, -0.25) is 25.7 Å². The smallest absolute Gasteiger partial charge is 0.270 e. The van der Waals surface area contributed by atoms with Gasteiger partial charge in [-0.15, -0.1) is 17.8 Å². The molecule has 110 valence electrons. The molecule has 0 aliphatic rings. The number of hydrogen-bond acceptors (Lipinski definition) is 7. The van der Waals surface area contributed by atoms with Gasteiger partial charge in [0.15, 0.2) is 0 Å². The van der Waals surface area contributed by atoms with Gasteiger partial charge in [0.05, 0.1) is 20.8 Å². The molecule has 0 amide bonds. The van der Waals surface area contributed by atoms with Crippen molar-refractivity contribution in [3.05, 3.63) is 60.8 Å². The molecule has 0 atom stereocenters. The van der Waals surface area contributed by atoms with Crippen LogP contribution in [0, 0.1) is 32.6 Å². The molecule has 0 fully saturated rings. The third-order valence-electron chi connectivity index (χ3n) is 2.57. The van der Waals surface area contributed by atoms with Gasteiger partial charge >= 0.3 is 5.69 Å². The highest BCUT2D eigenvalue weighted by molar-refractivity contribution is 7.12. The second kappa shape index (κ2) is 6.47. The number of nitrogens with one attached hydrogen (secondary N) is 1. The van der Waals surface area contributed by atoms with E-state index in [9.17, 15) is 20.2 Å². The van der Waals surface area contributed by atoms with E-state index in [1.807, 2.05) is 5.38 Å². The fourth-order valence-corrected chi connectivity index (χ4v) is 2.24. The fraction of sp³-hybridized carbons (Fsp3) is 0. The molecule has 0 saturated heterocycles. The first-order valence-electron chi connectivity index (χ1n) is 5.80. The lowest BCUT2D eigenvalue weighted by Crippen LogP contribution is -2.02. The van der Waals surface area contributed by atoms with Gasteiger partial charge < -0.3 is 0 Å². The van der Waals surface area contributed by atoms with Crippen LogP contribution < -0.4 is 5.43 Å². The monoisotopic (exact) mass is 316 g/mol. The summed E-state index contributed by atoms with van der Waals surface area (Å²) in [5.41, 5.74) is 1.95. The number of benzene rings is 1. The van der Waals surface area contributed by atoms with Crippen LogP contribution >= 0.6 is 11.3 Å². The zero-order valence-electron chi connectivity index (χ0n) is 10.9. The molecule has 0 saturated carbocycles. The van der Waals surface area contributed by atoms with Crippen molar-refractivity contribution in [1.29, 1.82) is 0 Å². The van der Waals surface area contributed by atoms with Crippen LogP contribution in [0.15, 0.2) is 40.8 Å². The molecule has 0 spiro atoms. The molecule has 9 heteroatoms. The van der Waals surface area contributed by atoms with Crippen molar-refractivity contribution < 1.29 is 9.85 Å². The average molecular weight is 316 g/mol. The summed E-state index contributed by atoms with van der Waals surface area (Å²) in [5, 5.41) is 27.4. The van der Waals surface area contributed by atoms with Gasteiger partial charge in [-0.05, 0) is 23.4 Å². The topological polar surface area (TPSA) is 111 Å². The molecule has 2 aromatic rings. The van der Waals surface area contributed by atoms with E-state index in [-0.39, 0.29) is 17.1 Å². The van der Waals surface area contributed by atoms with Gasteiger partial charge in [-0.25, -0.2) is 0 Å². The minimum absolute atomic E-state index is 0.0138. The first-order chi connectivity index (χ1) is 10.5. The summed E-state index contributed by atoms with van der Waals surface area (Å²) in [4.78, 5) is 20.9. The Morgan fingerprint density at radius 2 is 2.05 bits per heavy atom. The van der Waals surface area contributed by atoms with Crippen LogP contribution in [0.2, 0.25) is 0 Å². The van der Waals surface area contributed by atoms with Gasteiger partial charge in [0, 0.05) is 6.07 Å². The molecule has 22 heavy (non-hydrogen) atoms. The Morgan fingerprint density at radius 3 is 2.59 bits per heavy atom. The lowest BCUT2D eigenvalue weighted by Gasteiger charge is -2.03. The summed E-state index contributed by atoms with van der Waals surface area (Å²) in [7, 11) is 0. The van der Waals surface area contributed by atoms with E-state index < -0.39 is 15.5 Å². The molecular formula is C13H8N4O4S. The van der Waals surface area contributed by atoms with Gasteiger partial charge in [0.1, 0.15) is 11.4 Å². The fourth-order valence-electron chi connectivity index (χ4n) is 1.57. The summed E-state index contributed by atoms with van der Waals surface area (Å²) in [6, 6.07) is 6.77. The van der Waals surface area contributed by atoms with E-state index in [2.05, 4.69) is 16.4 Å². The minimum atomic E-state index is -0.731. The zero-order valence-corrected chi connectivity index (χ0v) is 11.7. The Kier molecular flexibility index (Phi) is 4.45. The van der Waals surface area contributed by atoms with Crippen LogP contribution in [-0.2, 0) is 0 Å². The summed E-state index contributed by atoms with van der Waals surface area (Å²) in [6.45, 7) is 0. The molecule has 0 unspecified atom stereocenters. The Labute approximate surface area is 128 Å². The highest BCUT2D eigenvalue weighted by Gasteiger charge is 2.19.